The maximum absolute atomic E-state index is 9.56. The monoisotopic (exact) mass is 277 g/mol. The van der Waals surface area contributed by atoms with E-state index >= 15 is 0 Å². The van der Waals surface area contributed by atoms with Crippen LogP contribution in [0.3, 0.4) is 0 Å². The van der Waals surface area contributed by atoms with Crippen LogP contribution >= 0.6 is 0 Å². The van der Waals surface area contributed by atoms with E-state index in [0.717, 1.165) is 12.0 Å². The van der Waals surface area contributed by atoms with Crippen molar-refractivity contribution >= 4 is 0 Å². The fourth-order valence-electron chi connectivity index (χ4n) is 1.67. The Morgan fingerprint density at radius 2 is 2.25 bits per heavy atom. The van der Waals surface area contributed by atoms with Gasteiger partial charge in [0.15, 0.2) is 11.5 Å². The molecule has 20 heavy (non-hydrogen) atoms. The Kier molecular flexibility index (Phi) is 4.57. The highest BCUT2D eigenvalue weighted by molar-refractivity contribution is 5.60. The van der Waals surface area contributed by atoms with Crippen molar-refractivity contribution in [2.45, 2.75) is 32.9 Å². The van der Waals surface area contributed by atoms with Gasteiger partial charge in [-0.2, -0.15) is 4.98 Å². The predicted octanol–water partition coefficient (Wildman–Crippen LogP) is 2.34. The molecule has 0 spiro atoms. The number of nitrogens with zero attached hydrogens (tertiary/aromatic N) is 2. The molecule has 0 radical (unpaired) electrons. The minimum atomic E-state index is 0.0819. The van der Waals surface area contributed by atoms with E-state index in [4.69, 9.17) is 9.26 Å². The second-order valence-electron chi connectivity index (χ2n) is 4.59. The molecule has 0 aliphatic heterocycles. The number of rotatable bonds is 6. The summed E-state index contributed by atoms with van der Waals surface area (Å²) in [6.45, 7) is 4.75. The minimum absolute atomic E-state index is 0.0819. The molecule has 2 aromatic rings. The zero-order valence-electron chi connectivity index (χ0n) is 11.9. The Morgan fingerprint density at radius 3 is 2.95 bits per heavy atom. The number of aromatic nitrogens is 2. The fourth-order valence-corrected chi connectivity index (χ4v) is 1.67. The van der Waals surface area contributed by atoms with Gasteiger partial charge < -0.3 is 19.7 Å². The van der Waals surface area contributed by atoms with Crippen molar-refractivity contribution in [1.82, 2.24) is 15.5 Å². The molecule has 0 fully saturated rings. The molecule has 0 aliphatic carbocycles. The molecule has 1 aromatic carbocycles. The summed E-state index contributed by atoms with van der Waals surface area (Å²) >= 11 is 0. The van der Waals surface area contributed by atoms with Crippen molar-refractivity contribution in [1.29, 1.82) is 0 Å². The summed E-state index contributed by atoms with van der Waals surface area (Å²) in [5.74, 6) is 1.47. The average molecular weight is 277 g/mol. The number of hydrogen-bond acceptors (Lipinski definition) is 6. The maximum Gasteiger partial charge on any atom is 0.240 e. The van der Waals surface area contributed by atoms with Crippen LogP contribution in [0.15, 0.2) is 22.7 Å². The smallest absolute Gasteiger partial charge is 0.240 e. The summed E-state index contributed by atoms with van der Waals surface area (Å²) in [6, 6.07) is 5.33. The molecule has 1 unspecified atom stereocenters. The summed E-state index contributed by atoms with van der Waals surface area (Å²) in [7, 11) is 1.50. The second kappa shape index (κ2) is 6.38. The predicted molar refractivity (Wildman–Crippen MR) is 74.5 cm³/mol. The second-order valence-corrected chi connectivity index (χ2v) is 4.59. The zero-order chi connectivity index (χ0) is 14.5. The van der Waals surface area contributed by atoms with Crippen LogP contribution in [-0.4, -0.2) is 28.4 Å². The normalized spacial score (nSPS) is 12.3. The molecule has 6 nitrogen and oxygen atoms in total. The Bertz CT molecular complexity index is 569. The molecule has 0 amide bonds. The molecule has 0 saturated carbocycles. The van der Waals surface area contributed by atoms with E-state index in [1.54, 1.807) is 18.2 Å². The summed E-state index contributed by atoms with van der Waals surface area (Å²) in [6.07, 6.45) is 1.04. The lowest BCUT2D eigenvalue weighted by Gasteiger charge is -2.07. The summed E-state index contributed by atoms with van der Waals surface area (Å²) in [5.41, 5.74) is 0.734. The third kappa shape index (κ3) is 3.27. The molecular weight excluding hydrogens is 258 g/mol. The van der Waals surface area contributed by atoms with Crippen molar-refractivity contribution < 1.29 is 14.4 Å². The van der Waals surface area contributed by atoms with Gasteiger partial charge in [-0.15, -0.1) is 0 Å². The van der Waals surface area contributed by atoms with Gasteiger partial charge in [-0.3, -0.25) is 0 Å². The average Bonchev–Trinajstić information content (AvgIpc) is 2.94. The Hall–Kier alpha value is -2.08. The largest absolute Gasteiger partial charge is 0.504 e. The van der Waals surface area contributed by atoms with Crippen LogP contribution in [0.5, 0.6) is 11.5 Å². The highest BCUT2D eigenvalue weighted by Gasteiger charge is 2.11. The number of benzene rings is 1. The van der Waals surface area contributed by atoms with Gasteiger partial charge in [0, 0.05) is 11.6 Å². The quantitative estimate of drug-likeness (QED) is 0.843. The van der Waals surface area contributed by atoms with E-state index in [2.05, 4.69) is 29.3 Å². The van der Waals surface area contributed by atoms with Crippen molar-refractivity contribution in [3.8, 4) is 22.9 Å². The highest BCUT2D eigenvalue weighted by Crippen LogP contribution is 2.30. The maximum atomic E-state index is 9.56. The first-order chi connectivity index (χ1) is 9.63. The van der Waals surface area contributed by atoms with Crippen molar-refractivity contribution in [2.75, 3.05) is 7.11 Å². The van der Waals surface area contributed by atoms with Gasteiger partial charge in [0.1, 0.15) is 0 Å². The van der Waals surface area contributed by atoms with Gasteiger partial charge in [-0.1, -0.05) is 12.1 Å². The molecule has 0 saturated heterocycles. The van der Waals surface area contributed by atoms with Gasteiger partial charge in [0.05, 0.1) is 13.7 Å². The first-order valence-corrected chi connectivity index (χ1v) is 6.57. The molecule has 108 valence electrons. The first-order valence-electron chi connectivity index (χ1n) is 6.57. The summed E-state index contributed by atoms with van der Waals surface area (Å²) in [4.78, 5) is 4.31. The molecule has 1 heterocycles. The van der Waals surface area contributed by atoms with Crippen LogP contribution in [0.2, 0.25) is 0 Å². The molecule has 6 heteroatoms. The van der Waals surface area contributed by atoms with Crippen LogP contribution in [0, 0.1) is 0 Å². The van der Waals surface area contributed by atoms with Crippen LogP contribution < -0.4 is 10.1 Å². The number of nitrogens with one attached hydrogen (secondary N) is 1. The highest BCUT2D eigenvalue weighted by atomic mass is 16.5. The van der Waals surface area contributed by atoms with Gasteiger partial charge in [-0.05, 0) is 31.5 Å². The fraction of sp³-hybridized carbons (Fsp3) is 0.429. The first kappa shape index (κ1) is 14.3. The minimum Gasteiger partial charge on any atom is -0.504 e. The molecule has 0 bridgehead atoms. The zero-order valence-corrected chi connectivity index (χ0v) is 11.9. The molecule has 2 rings (SSSR count). The Balaban J connectivity index is 2.12. The van der Waals surface area contributed by atoms with E-state index in [1.165, 1.54) is 7.11 Å². The third-order valence-electron chi connectivity index (χ3n) is 3.12. The summed E-state index contributed by atoms with van der Waals surface area (Å²) in [5, 5.41) is 16.8. The van der Waals surface area contributed by atoms with Crippen LogP contribution in [0.4, 0.5) is 0 Å². The van der Waals surface area contributed by atoms with E-state index in [-0.39, 0.29) is 5.75 Å². The van der Waals surface area contributed by atoms with Crippen LogP contribution in [0.1, 0.15) is 26.2 Å². The van der Waals surface area contributed by atoms with Crippen molar-refractivity contribution in [3.05, 3.63) is 24.1 Å². The van der Waals surface area contributed by atoms with Gasteiger partial charge >= 0.3 is 0 Å². The SMILES string of the molecule is CCC(C)NCc1nc(-c2ccc(O)c(OC)c2)no1. The number of phenolic OH excluding ortho intramolecular Hbond substituents is 1. The Labute approximate surface area is 117 Å². The van der Waals surface area contributed by atoms with Crippen LogP contribution in [-0.2, 0) is 6.54 Å². The lowest BCUT2D eigenvalue weighted by atomic mass is 10.2. The van der Waals surface area contributed by atoms with Gasteiger partial charge in [0.25, 0.3) is 0 Å². The standard InChI is InChI=1S/C14H19N3O3/c1-4-9(2)15-8-13-16-14(17-20-13)10-5-6-11(18)12(7-10)19-3/h5-7,9,15,18H,4,8H2,1-3H3. The van der Waals surface area contributed by atoms with E-state index < -0.39 is 0 Å². The van der Waals surface area contributed by atoms with Crippen molar-refractivity contribution in [3.63, 3.8) is 0 Å². The number of ether oxygens (including phenoxy) is 1. The topological polar surface area (TPSA) is 80.4 Å². The van der Waals surface area contributed by atoms with E-state index in [1.807, 2.05) is 0 Å². The number of aromatic hydroxyl groups is 1. The number of phenols is 1. The summed E-state index contributed by atoms with van der Waals surface area (Å²) < 4.78 is 10.2. The lowest BCUT2D eigenvalue weighted by Crippen LogP contribution is -2.24. The lowest BCUT2D eigenvalue weighted by molar-refractivity contribution is 0.358. The molecule has 1 atom stereocenters. The number of methoxy groups -OCH3 is 1. The van der Waals surface area contributed by atoms with E-state index in [9.17, 15) is 5.11 Å². The van der Waals surface area contributed by atoms with Gasteiger partial charge in [0.2, 0.25) is 11.7 Å². The number of hydrogen-bond donors (Lipinski definition) is 2. The van der Waals surface area contributed by atoms with Gasteiger partial charge in [-0.25, -0.2) is 0 Å². The molecule has 1 aromatic heterocycles. The third-order valence-corrected chi connectivity index (χ3v) is 3.12. The Morgan fingerprint density at radius 1 is 1.45 bits per heavy atom. The van der Waals surface area contributed by atoms with Crippen molar-refractivity contribution in [2.24, 2.45) is 0 Å². The van der Waals surface area contributed by atoms with Crippen LogP contribution in [0.25, 0.3) is 11.4 Å². The molecule has 2 N–H and O–H groups in total. The molecular formula is C14H19N3O3. The van der Waals surface area contributed by atoms with E-state index in [0.29, 0.717) is 30.1 Å². The molecule has 0 aliphatic rings.